The lowest BCUT2D eigenvalue weighted by Gasteiger charge is -2.11. The number of hydrogen-bond acceptors (Lipinski definition) is 5. The molecule has 0 atom stereocenters. The molecule has 0 fully saturated rings. The van der Waals surface area contributed by atoms with E-state index < -0.39 is 0 Å². The Kier molecular flexibility index (Phi) is 5.42. The van der Waals surface area contributed by atoms with Crippen molar-refractivity contribution in [2.45, 2.75) is 13.3 Å². The first kappa shape index (κ1) is 18.6. The minimum atomic E-state index is -0.0694. The van der Waals surface area contributed by atoms with Crippen LogP contribution in [0, 0.1) is 0 Å². The number of pyridine rings is 1. The molecule has 0 aliphatic heterocycles. The first-order chi connectivity index (χ1) is 14.2. The number of nitrogens with zero attached hydrogens (tertiary/aromatic N) is 3. The smallest absolute Gasteiger partial charge is 0.221 e. The van der Waals surface area contributed by atoms with Crippen molar-refractivity contribution in [2.75, 3.05) is 17.2 Å². The topological polar surface area (TPSA) is 79.8 Å². The average molecular weight is 383 g/mol. The minimum Gasteiger partial charge on any atom is -0.369 e. The Morgan fingerprint density at radius 3 is 2.45 bits per heavy atom. The second-order valence-electron chi connectivity index (χ2n) is 6.70. The van der Waals surface area contributed by atoms with Crippen LogP contribution >= 0.6 is 0 Å². The molecule has 2 heterocycles. The second-order valence-corrected chi connectivity index (χ2v) is 6.70. The number of hydrogen-bond donors (Lipinski definition) is 2. The summed E-state index contributed by atoms with van der Waals surface area (Å²) in [6.07, 6.45) is 4.32. The summed E-state index contributed by atoms with van der Waals surface area (Å²) in [5.41, 5.74) is 3.82. The zero-order valence-corrected chi connectivity index (χ0v) is 16.1. The molecule has 0 saturated heterocycles. The van der Waals surface area contributed by atoms with Crippen LogP contribution in [-0.4, -0.2) is 27.4 Å². The van der Waals surface area contributed by atoms with E-state index in [-0.39, 0.29) is 5.91 Å². The van der Waals surface area contributed by atoms with Crippen LogP contribution in [0.4, 0.5) is 11.5 Å². The molecule has 29 heavy (non-hydrogen) atoms. The fourth-order valence-corrected chi connectivity index (χ4v) is 3.12. The summed E-state index contributed by atoms with van der Waals surface area (Å²) in [4.78, 5) is 24.6. The van der Waals surface area contributed by atoms with E-state index in [0.717, 1.165) is 40.9 Å². The van der Waals surface area contributed by atoms with Crippen molar-refractivity contribution >= 4 is 28.3 Å². The van der Waals surface area contributed by atoms with Crippen molar-refractivity contribution < 1.29 is 4.79 Å². The molecule has 0 bridgehead atoms. The molecule has 0 unspecified atom stereocenters. The summed E-state index contributed by atoms with van der Waals surface area (Å²) < 4.78 is 0. The molecule has 0 saturated carbocycles. The van der Waals surface area contributed by atoms with Gasteiger partial charge in [-0.25, -0.2) is 9.97 Å². The van der Waals surface area contributed by atoms with Crippen molar-refractivity contribution in [3.8, 4) is 11.4 Å². The standard InChI is InChI=1S/C23H21N5O/c1-16(29)26-19-8-6-17(7-9-19)10-15-25-23-20-4-2-3-5-21(20)27-22(28-23)18-11-13-24-14-12-18/h2-9,11-14H,10,15H2,1H3,(H,26,29)(H,25,27,28). The van der Waals surface area contributed by atoms with Crippen LogP contribution in [0.25, 0.3) is 22.3 Å². The zero-order chi connectivity index (χ0) is 20.1. The number of aromatic nitrogens is 3. The molecule has 4 rings (SSSR count). The Morgan fingerprint density at radius 1 is 0.931 bits per heavy atom. The van der Waals surface area contributed by atoms with E-state index in [1.165, 1.54) is 12.5 Å². The highest BCUT2D eigenvalue weighted by molar-refractivity contribution is 5.90. The average Bonchev–Trinajstić information content (AvgIpc) is 2.75. The number of rotatable bonds is 6. The fraction of sp³-hybridized carbons (Fsp3) is 0.130. The van der Waals surface area contributed by atoms with Crippen LogP contribution in [-0.2, 0) is 11.2 Å². The number of benzene rings is 2. The van der Waals surface area contributed by atoms with E-state index in [4.69, 9.17) is 9.97 Å². The summed E-state index contributed by atoms with van der Waals surface area (Å²) in [6.45, 7) is 2.24. The third-order valence-corrected chi connectivity index (χ3v) is 4.52. The quantitative estimate of drug-likeness (QED) is 0.519. The van der Waals surface area contributed by atoms with Gasteiger partial charge in [-0.05, 0) is 48.4 Å². The van der Waals surface area contributed by atoms with Gasteiger partial charge in [0.15, 0.2) is 5.82 Å². The predicted octanol–water partition coefficient (Wildman–Crippen LogP) is 4.30. The van der Waals surface area contributed by atoms with E-state index in [2.05, 4.69) is 15.6 Å². The van der Waals surface area contributed by atoms with Crippen LogP contribution < -0.4 is 10.6 Å². The van der Waals surface area contributed by atoms with Gasteiger partial charge in [0.05, 0.1) is 5.52 Å². The van der Waals surface area contributed by atoms with Gasteiger partial charge in [-0.2, -0.15) is 0 Å². The van der Waals surface area contributed by atoms with Gasteiger partial charge in [0.25, 0.3) is 0 Å². The monoisotopic (exact) mass is 383 g/mol. The molecule has 144 valence electrons. The highest BCUT2D eigenvalue weighted by Gasteiger charge is 2.09. The second kappa shape index (κ2) is 8.48. The maximum Gasteiger partial charge on any atom is 0.221 e. The fourth-order valence-electron chi connectivity index (χ4n) is 3.12. The lowest BCUT2D eigenvalue weighted by atomic mass is 10.1. The van der Waals surface area contributed by atoms with Crippen LogP contribution in [0.2, 0.25) is 0 Å². The third-order valence-electron chi connectivity index (χ3n) is 4.52. The maximum atomic E-state index is 11.1. The number of amides is 1. The number of anilines is 2. The molecule has 0 aliphatic rings. The maximum absolute atomic E-state index is 11.1. The molecular formula is C23H21N5O. The van der Waals surface area contributed by atoms with Gasteiger partial charge in [-0.3, -0.25) is 9.78 Å². The van der Waals surface area contributed by atoms with Crippen LogP contribution in [0.3, 0.4) is 0 Å². The van der Waals surface area contributed by atoms with E-state index in [0.29, 0.717) is 5.82 Å². The van der Waals surface area contributed by atoms with E-state index in [1.54, 1.807) is 12.4 Å². The summed E-state index contributed by atoms with van der Waals surface area (Å²) >= 11 is 0. The molecule has 0 spiro atoms. The predicted molar refractivity (Wildman–Crippen MR) is 116 cm³/mol. The Hall–Kier alpha value is -3.80. The highest BCUT2D eigenvalue weighted by Crippen LogP contribution is 2.24. The molecule has 6 heteroatoms. The van der Waals surface area contributed by atoms with Gasteiger partial charge in [0.1, 0.15) is 5.82 Å². The Balaban J connectivity index is 1.52. The molecule has 2 aromatic heterocycles. The van der Waals surface area contributed by atoms with Gasteiger partial charge in [-0.1, -0.05) is 24.3 Å². The van der Waals surface area contributed by atoms with Gasteiger partial charge in [0, 0.05) is 42.5 Å². The lowest BCUT2D eigenvalue weighted by molar-refractivity contribution is -0.114. The molecule has 2 aromatic carbocycles. The van der Waals surface area contributed by atoms with Gasteiger partial charge in [0.2, 0.25) is 5.91 Å². The summed E-state index contributed by atoms with van der Waals surface area (Å²) in [7, 11) is 0. The van der Waals surface area contributed by atoms with E-state index in [9.17, 15) is 4.79 Å². The molecule has 0 radical (unpaired) electrons. The van der Waals surface area contributed by atoms with E-state index >= 15 is 0 Å². The molecular weight excluding hydrogens is 362 g/mol. The SMILES string of the molecule is CC(=O)Nc1ccc(CCNc2nc(-c3ccncc3)nc3ccccc23)cc1. The van der Waals surface area contributed by atoms with Crippen molar-refractivity contribution in [2.24, 2.45) is 0 Å². The Morgan fingerprint density at radius 2 is 1.69 bits per heavy atom. The van der Waals surface area contributed by atoms with Crippen molar-refractivity contribution in [1.82, 2.24) is 15.0 Å². The third kappa shape index (κ3) is 4.55. The highest BCUT2D eigenvalue weighted by atomic mass is 16.1. The lowest BCUT2D eigenvalue weighted by Crippen LogP contribution is -2.09. The Labute approximate surface area is 169 Å². The van der Waals surface area contributed by atoms with Crippen molar-refractivity contribution in [3.05, 3.63) is 78.6 Å². The van der Waals surface area contributed by atoms with Crippen LogP contribution in [0.1, 0.15) is 12.5 Å². The summed E-state index contributed by atoms with van der Waals surface area (Å²) in [5, 5.41) is 7.23. The number of para-hydroxylation sites is 1. The van der Waals surface area contributed by atoms with Crippen LogP contribution in [0.5, 0.6) is 0 Å². The zero-order valence-electron chi connectivity index (χ0n) is 16.1. The normalized spacial score (nSPS) is 10.7. The van der Waals surface area contributed by atoms with Gasteiger partial charge >= 0.3 is 0 Å². The van der Waals surface area contributed by atoms with Crippen LogP contribution in [0.15, 0.2) is 73.1 Å². The van der Waals surface area contributed by atoms with Gasteiger partial charge in [-0.15, -0.1) is 0 Å². The first-order valence-corrected chi connectivity index (χ1v) is 9.46. The largest absolute Gasteiger partial charge is 0.369 e. The number of carbonyl (C=O) groups excluding carboxylic acids is 1. The number of nitrogens with one attached hydrogen (secondary N) is 2. The molecule has 6 nitrogen and oxygen atoms in total. The molecule has 1 amide bonds. The molecule has 0 aliphatic carbocycles. The van der Waals surface area contributed by atoms with Gasteiger partial charge < -0.3 is 10.6 Å². The Bertz CT molecular complexity index is 1130. The first-order valence-electron chi connectivity index (χ1n) is 9.46. The number of fused-ring (bicyclic) bond motifs is 1. The van der Waals surface area contributed by atoms with Crippen molar-refractivity contribution in [1.29, 1.82) is 0 Å². The minimum absolute atomic E-state index is 0.0694. The summed E-state index contributed by atoms with van der Waals surface area (Å²) in [5.74, 6) is 1.42. The van der Waals surface area contributed by atoms with E-state index in [1.807, 2.05) is 60.7 Å². The molecule has 2 N–H and O–H groups in total. The molecule has 4 aromatic rings. The summed E-state index contributed by atoms with van der Waals surface area (Å²) in [6, 6.07) is 19.7. The number of carbonyl (C=O) groups is 1. The van der Waals surface area contributed by atoms with Crippen molar-refractivity contribution in [3.63, 3.8) is 0 Å².